The van der Waals surface area contributed by atoms with Gasteiger partial charge in [-0.15, -0.1) is 0 Å². The van der Waals surface area contributed by atoms with Crippen molar-refractivity contribution in [1.82, 2.24) is 15.2 Å². The quantitative estimate of drug-likeness (QED) is 0.940. The van der Waals surface area contributed by atoms with Gasteiger partial charge in [0.25, 0.3) is 0 Å². The minimum Gasteiger partial charge on any atom is -0.493 e. The van der Waals surface area contributed by atoms with Crippen molar-refractivity contribution in [3.05, 3.63) is 18.0 Å². The predicted molar refractivity (Wildman–Crippen MR) is 66.5 cm³/mol. The molecule has 1 aromatic carbocycles. The van der Waals surface area contributed by atoms with Gasteiger partial charge < -0.3 is 14.2 Å². The van der Waals surface area contributed by atoms with Gasteiger partial charge in [0.1, 0.15) is 0 Å². The zero-order chi connectivity index (χ0) is 15.6. The summed E-state index contributed by atoms with van der Waals surface area (Å²) >= 11 is 0. The Morgan fingerprint density at radius 3 is 2.14 bits per heavy atom. The fourth-order valence-corrected chi connectivity index (χ4v) is 1.79. The Labute approximate surface area is 117 Å². The Hall–Kier alpha value is -2.45. The second-order valence-corrected chi connectivity index (χ2v) is 3.89. The lowest BCUT2D eigenvalue weighted by molar-refractivity contribution is -0.144. The number of halogens is 3. The molecule has 0 aliphatic rings. The lowest BCUT2D eigenvalue weighted by atomic mass is 10.1. The highest BCUT2D eigenvalue weighted by Gasteiger charge is 2.35. The van der Waals surface area contributed by atoms with Crippen molar-refractivity contribution in [2.24, 2.45) is 0 Å². The largest absolute Gasteiger partial charge is 0.493 e. The number of H-pyrrole nitrogens is 1. The molecule has 2 aromatic rings. The number of aromatic nitrogens is 3. The molecule has 0 amide bonds. The molecule has 2 rings (SSSR count). The summed E-state index contributed by atoms with van der Waals surface area (Å²) in [6.07, 6.45) is -4.60. The number of nitrogens with one attached hydrogen (secondary N) is 1. The van der Waals surface area contributed by atoms with Crippen LogP contribution in [0.15, 0.2) is 12.1 Å². The van der Waals surface area contributed by atoms with Crippen LogP contribution in [-0.4, -0.2) is 36.5 Å². The van der Waals surface area contributed by atoms with Gasteiger partial charge in [0.05, 0.1) is 26.9 Å². The summed E-state index contributed by atoms with van der Waals surface area (Å²) in [7, 11) is 4.19. The molecule has 1 N–H and O–H groups in total. The summed E-state index contributed by atoms with van der Waals surface area (Å²) in [4.78, 5) is 3.42. The Morgan fingerprint density at radius 2 is 1.67 bits per heavy atom. The van der Waals surface area contributed by atoms with E-state index < -0.39 is 12.0 Å². The molecule has 0 spiro atoms. The van der Waals surface area contributed by atoms with Crippen LogP contribution >= 0.6 is 0 Å². The Kier molecular flexibility index (Phi) is 3.92. The van der Waals surface area contributed by atoms with Crippen molar-refractivity contribution in [2.75, 3.05) is 21.3 Å². The highest BCUT2D eigenvalue weighted by atomic mass is 19.4. The summed E-state index contributed by atoms with van der Waals surface area (Å²) in [5.41, 5.74) is 0.252. The monoisotopic (exact) mass is 303 g/mol. The molecule has 0 radical (unpaired) electrons. The van der Waals surface area contributed by atoms with Gasteiger partial charge in [0, 0.05) is 0 Å². The highest BCUT2D eigenvalue weighted by molar-refractivity contribution is 5.72. The van der Waals surface area contributed by atoms with Gasteiger partial charge in [0.15, 0.2) is 17.3 Å². The van der Waals surface area contributed by atoms with Gasteiger partial charge in [-0.1, -0.05) is 0 Å². The lowest BCUT2D eigenvalue weighted by Crippen LogP contribution is -2.07. The van der Waals surface area contributed by atoms with Crippen molar-refractivity contribution in [3.63, 3.8) is 0 Å². The minimum absolute atomic E-state index is 0.153. The minimum atomic E-state index is -4.60. The molecule has 6 nitrogen and oxygen atoms in total. The van der Waals surface area contributed by atoms with Gasteiger partial charge in [-0.05, 0) is 12.1 Å². The van der Waals surface area contributed by atoms with E-state index in [2.05, 4.69) is 10.1 Å². The van der Waals surface area contributed by atoms with Gasteiger partial charge in [0.2, 0.25) is 11.6 Å². The average molecular weight is 303 g/mol. The van der Waals surface area contributed by atoms with Crippen LogP contribution < -0.4 is 14.2 Å². The maximum atomic E-state index is 12.6. The maximum absolute atomic E-state index is 12.6. The third-order valence-corrected chi connectivity index (χ3v) is 2.70. The van der Waals surface area contributed by atoms with Gasteiger partial charge >= 0.3 is 6.18 Å². The number of alkyl halides is 3. The van der Waals surface area contributed by atoms with Crippen molar-refractivity contribution < 1.29 is 27.4 Å². The number of rotatable bonds is 4. The topological polar surface area (TPSA) is 69.3 Å². The van der Waals surface area contributed by atoms with E-state index in [0.717, 1.165) is 0 Å². The first kappa shape index (κ1) is 14.9. The summed E-state index contributed by atoms with van der Waals surface area (Å²) < 4.78 is 53.1. The zero-order valence-corrected chi connectivity index (χ0v) is 11.4. The fourth-order valence-electron chi connectivity index (χ4n) is 1.79. The van der Waals surface area contributed by atoms with E-state index in [1.165, 1.54) is 33.5 Å². The smallest absolute Gasteiger partial charge is 0.451 e. The molecule has 0 aliphatic carbocycles. The Morgan fingerprint density at radius 1 is 1.00 bits per heavy atom. The molecule has 0 fully saturated rings. The molecule has 0 atom stereocenters. The second kappa shape index (κ2) is 5.51. The van der Waals surface area contributed by atoms with Crippen LogP contribution in [-0.2, 0) is 6.18 Å². The van der Waals surface area contributed by atoms with Crippen molar-refractivity contribution in [2.45, 2.75) is 6.18 Å². The van der Waals surface area contributed by atoms with Crippen LogP contribution in [0, 0.1) is 0 Å². The van der Waals surface area contributed by atoms with Gasteiger partial charge in [-0.2, -0.15) is 18.3 Å². The summed E-state index contributed by atoms with van der Waals surface area (Å²) in [5.74, 6) is -0.528. The summed E-state index contributed by atoms with van der Waals surface area (Å²) in [6, 6.07) is 3.02. The normalized spacial score (nSPS) is 11.3. The van der Waals surface area contributed by atoms with Crippen LogP contribution in [0.5, 0.6) is 17.2 Å². The molecule has 0 saturated heterocycles. The molecular formula is C12H12F3N3O3. The van der Waals surface area contributed by atoms with Crippen LogP contribution in [0.1, 0.15) is 5.82 Å². The SMILES string of the molecule is COc1ccc(-c2n[nH]c(C(F)(F)F)n2)c(OC)c1OC. The maximum Gasteiger partial charge on any atom is 0.451 e. The third kappa shape index (κ3) is 2.71. The molecule has 1 aromatic heterocycles. The molecule has 0 bridgehead atoms. The van der Waals surface area contributed by atoms with Crippen LogP contribution in [0.4, 0.5) is 13.2 Å². The standard InChI is InChI=1S/C12H12F3N3O3/c1-19-7-5-4-6(8(20-2)9(7)21-3)10-16-11(18-17-10)12(13,14)15/h4-5H,1-3H3,(H,16,17,18). The van der Waals surface area contributed by atoms with E-state index in [0.29, 0.717) is 5.75 Å². The zero-order valence-electron chi connectivity index (χ0n) is 11.4. The number of aromatic amines is 1. The first-order valence-corrected chi connectivity index (χ1v) is 5.71. The number of nitrogens with zero attached hydrogens (tertiary/aromatic N) is 2. The number of benzene rings is 1. The first-order valence-electron chi connectivity index (χ1n) is 5.71. The predicted octanol–water partition coefficient (Wildman–Crippen LogP) is 2.52. The molecule has 114 valence electrons. The molecule has 1 heterocycles. The molecule has 0 unspecified atom stereocenters. The van der Waals surface area contributed by atoms with Crippen molar-refractivity contribution in [3.8, 4) is 28.6 Å². The highest BCUT2D eigenvalue weighted by Crippen LogP contribution is 2.43. The van der Waals surface area contributed by atoms with E-state index in [9.17, 15) is 13.2 Å². The van der Waals surface area contributed by atoms with E-state index in [1.54, 1.807) is 0 Å². The van der Waals surface area contributed by atoms with Crippen LogP contribution in [0.2, 0.25) is 0 Å². The van der Waals surface area contributed by atoms with Gasteiger partial charge in [-0.25, -0.2) is 4.98 Å². The Bertz CT molecular complexity index is 640. The fraction of sp³-hybridized carbons (Fsp3) is 0.333. The number of hydrogen-bond donors (Lipinski definition) is 1. The van der Waals surface area contributed by atoms with E-state index in [-0.39, 0.29) is 22.9 Å². The van der Waals surface area contributed by atoms with E-state index in [4.69, 9.17) is 14.2 Å². The van der Waals surface area contributed by atoms with Crippen LogP contribution in [0.25, 0.3) is 11.4 Å². The second-order valence-electron chi connectivity index (χ2n) is 3.89. The lowest BCUT2D eigenvalue weighted by Gasteiger charge is -2.14. The Balaban J connectivity index is 2.56. The van der Waals surface area contributed by atoms with E-state index >= 15 is 0 Å². The average Bonchev–Trinajstić information content (AvgIpc) is 2.95. The van der Waals surface area contributed by atoms with E-state index in [1.807, 2.05) is 5.10 Å². The van der Waals surface area contributed by atoms with Crippen molar-refractivity contribution >= 4 is 0 Å². The summed E-state index contributed by atoms with van der Waals surface area (Å²) in [5, 5.41) is 5.41. The molecular weight excluding hydrogens is 291 g/mol. The van der Waals surface area contributed by atoms with Crippen molar-refractivity contribution in [1.29, 1.82) is 0 Å². The molecule has 0 aliphatic heterocycles. The molecule has 0 saturated carbocycles. The van der Waals surface area contributed by atoms with Crippen LogP contribution in [0.3, 0.4) is 0 Å². The van der Waals surface area contributed by atoms with Gasteiger partial charge in [-0.3, -0.25) is 5.10 Å². The summed E-state index contributed by atoms with van der Waals surface area (Å²) in [6.45, 7) is 0. The number of methoxy groups -OCH3 is 3. The molecule has 21 heavy (non-hydrogen) atoms. The molecule has 9 heteroatoms. The first-order chi connectivity index (χ1) is 9.92. The third-order valence-electron chi connectivity index (χ3n) is 2.70. The number of hydrogen-bond acceptors (Lipinski definition) is 5. The number of ether oxygens (including phenoxy) is 3.